The zero-order valence-electron chi connectivity index (χ0n) is 12.8. The Morgan fingerprint density at radius 2 is 1.82 bits per heavy atom. The van der Waals surface area contributed by atoms with Gasteiger partial charge in [-0.05, 0) is 12.5 Å². The zero-order chi connectivity index (χ0) is 15.4. The molecule has 1 amide bonds. The van der Waals surface area contributed by atoms with Crippen LogP contribution < -0.4 is 4.90 Å². The van der Waals surface area contributed by atoms with E-state index in [1.54, 1.807) is 18.6 Å². The average Bonchev–Trinajstić information content (AvgIpc) is 2.58. The normalized spacial score (nSPS) is 15.0. The summed E-state index contributed by atoms with van der Waals surface area (Å²) in [6, 6.07) is 8.16. The molecule has 1 saturated heterocycles. The summed E-state index contributed by atoms with van der Waals surface area (Å²) in [6.45, 7) is 5.14. The molecule has 0 bridgehead atoms. The maximum absolute atomic E-state index is 12.4. The van der Waals surface area contributed by atoms with Crippen molar-refractivity contribution in [2.75, 3.05) is 31.1 Å². The highest BCUT2D eigenvalue weighted by molar-refractivity contribution is 5.79. The summed E-state index contributed by atoms with van der Waals surface area (Å²) >= 11 is 0. The Kier molecular flexibility index (Phi) is 4.32. The third-order valence-electron chi connectivity index (χ3n) is 3.98. The molecular formula is C17H20N4O. The van der Waals surface area contributed by atoms with Crippen molar-refractivity contribution in [2.45, 2.75) is 13.3 Å². The minimum Gasteiger partial charge on any atom is -0.352 e. The van der Waals surface area contributed by atoms with Crippen molar-refractivity contribution in [1.29, 1.82) is 0 Å². The minimum absolute atomic E-state index is 0.197. The number of piperazine rings is 1. The highest BCUT2D eigenvalue weighted by Crippen LogP contribution is 2.13. The number of aromatic nitrogens is 2. The molecule has 2 heterocycles. The second-order valence-electron chi connectivity index (χ2n) is 5.59. The van der Waals surface area contributed by atoms with Gasteiger partial charge >= 0.3 is 0 Å². The molecule has 0 atom stereocenters. The Labute approximate surface area is 130 Å². The number of carbonyl (C=O) groups excluding carboxylic acids is 1. The van der Waals surface area contributed by atoms with Crippen molar-refractivity contribution in [2.24, 2.45) is 0 Å². The van der Waals surface area contributed by atoms with Gasteiger partial charge < -0.3 is 9.80 Å². The second-order valence-corrected chi connectivity index (χ2v) is 5.59. The summed E-state index contributed by atoms with van der Waals surface area (Å²) in [5, 5.41) is 0. The van der Waals surface area contributed by atoms with Gasteiger partial charge in [0.1, 0.15) is 5.82 Å². The van der Waals surface area contributed by atoms with Crippen LogP contribution in [0.25, 0.3) is 0 Å². The van der Waals surface area contributed by atoms with Gasteiger partial charge in [-0.3, -0.25) is 9.78 Å². The lowest BCUT2D eigenvalue weighted by atomic mass is 10.1. The molecule has 1 aliphatic heterocycles. The van der Waals surface area contributed by atoms with Gasteiger partial charge in [0.2, 0.25) is 5.91 Å². The van der Waals surface area contributed by atoms with Crippen molar-refractivity contribution < 1.29 is 4.79 Å². The average molecular weight is 296 g/mol. The number of aryl methyl sites for hydroxylation is 1. The summed E-state index contributed by atoms with van der Waals surface area (Å²) in [6.07, 6.45) is 5.62. The van der Waals surface area contributed by atoms with Crippen LogP contribution in [0.4, 0.5) is 5.82 Å². The lowest BCUT2D eigenvalue weighted by Gasteiger charge is -2.35. The fraction of sp³-hybridized carbons (Fsp3) is 0.353. The first-order valence-corrected chi connectivity index (χ1v) is 7.56. The van der Waals surface area contributed by atoms with E-state index in [1.165, 1.54) is 5.56 Å². The second kappa shape index (κ2) is 6.56. The van der Waals surface area contributed by atoms with E-state index in [1.807, 2.05) is 17.0 Å². The van der Waals surface area contributed by atoms with Crippen LogP contribution in [0.5, 0.6) is 0 Å². The molecule has 5 nitrogen and oxygen atoms in total. The van der Waals surface area contributed by atoms with E-state index in [-0.39, 0.29) is 5.91 Å². The molecule has 114 valence electrons. The zero-order valence-corrected chi connectivity index (χ0v) is 12.8. The van der Waals surface area contributed by atoms with E-state index in [0.29, 0.717) is 6.42 Å². The SMILES string of the molecule is Cc1ccc(CC(=O)N2CCN(c3cnccn3)CC2)cc1. The van der Waals surface area contributed by atoms with Crippen LogP contribution in [0.3, 0.4) is 0 Å². The highest BCUT2D eigenvalue weighted by Gasteiger charge is 2.21. The van der Waals surface area contributed by atoms with E-state index in [2.05, 4.69) is 33.9 Å². The third-order valence-corrected chi connectivity index (χ3v) is 3.98. The number of amides is 1. The van der Waals surface area contributed by atoms with Gasteiger partial charge in [-0.1, -0.05) is 29.8 Å². The number of hydrogen-bond donors (Lipinski definition) is 0. The first kappa shape index (κ1) is 14.5. The van der Waals surface area contributed by atoms with Gasteiger partial charge in [0, 0.05) is 38.6 Å². The number of anilines is 1. The van der Waals surface area contributed by atoms with Crippen LogP contribution in [-0.2, 0) is 11.2 Å². The van der Waals surface area contributed by atoms with Crippen molar-refractivity contribution in [3.05, 3.63) is 54.0 Å². The van der Waals surface area contributed by atoms with Gasteiger partial charge in [-0.15, -0.1) is 0 Å². The van der Waals surface area contributed by atoms with Crippen LogP contribution >= 0.6 is 0 Å². The van der Waals surface area contributed by atoms with E-state index < -0.39 is 0 Å². The van der Waals surface area contributed by atoms with Crippen LogP contribution in [-0.4, -0.2) is 47.0 Å². The molecule has 0 unspecified atom stereocenters. The summed E-state index contributed by atoms with van der Waals surface area (Å²) in [4.78, 5) is 24.9. The lowest BCUT2D eigenvalue weighted by Crippen LogP contribution is -2.49. The van der Waals surface area contributed by atoms with Gasteiger partial charge in [-0.25, -0.2) is 4.98 Å². The Balaban J connectivity index is 1.54. The fourth-order valence-electron chi connectivity index (χ4n) is 2.63. The van der Waals surface area contributed by atoms with Gasteiger partial charge in [0.05, 0.1) is 12.6 Å². The molecule has 0 N–H and O–H groups in total. The van der Waals surface area contributed by atoms with E-state index in [9.17, 15) is 4.79 Å². The number of nitrogens with zero attached hydrogens (tertiary/aromatic N) is 4. The Bertz CT molecular complexity index is 619. The molecule has 0 radical (unpaired) electrons. The minimum atomic E-state index is 0.197. The Hall–Kier alpha value is -2.43. The predicted octanol–water partition coefficient (Wildman–Crippen LogP) is 1.68. The molecule has 1 fully saturated rings. The first-order valence-electron chi connectivity index (χ1n) is 7.56. The Morgan fingerprint density at radius 1 is 1.09 bits per heavy atom. The molecule has 0 saturated carbocycles. The monoisotopic (exact) mass is 296 g/mol. The largest absolute Gasteiger partial charge is 0.352 e. The summed E-state index contributed by atoms with van der Waals surface area (Å²) in [7, 11) is 0. The standard InChI is InChI=1S/C17H20N4O/c1-14-2-4-15(5-3-14)12-17(22)21-10-8-20(9-11-21)16-13-18-6-7-19-16/h2-7,13H,8-12H2,1H3. The van der Waals surface area contributed by atoms with Crippen LogP contribution in [0.2, 0.25) is 0 Å². The van der Waals surface area contributed by atoms with E-state index in [0.717, 1.165) is 37.6 Å². The van der Waals surface area contributed by atoms with Crippen molar-refractivity contribution >= 4 is 11.7 Å². The Morgan fingerprint density at radius 3 is 2.45 bits per heavy atom. The molecule has 1 aromatic carbocycles. The van der Waals surface area contributed by atoms with Gasteiger partial charge in [-0.2, -0.15) is 0 Å². The van der Waals surface area contributed by atoms with Gasteiger partial charge in [0.15, 0.2) is 0 Å². The maximum Gasteiger partial charge on any atom is 0.227 e. The molecule has 1 aliphatic rings. The van der Waals surface area contributed by atoms with Crippen molar-refractivity contribution in [1.82, 2.24) is 14.9 Å². The molecule has 1 aromatic heterocycles. The predicted molar refractivity (Wildman–Crippen MR) is 85.7 cm³/mol. The van der Waals surface area contributed by atoms with E-state index in [4.69, 9.17) is 0 Å². The fourth-order valence-corrected chi connectivity index (χ4v) is 2.63. The molecule has 3 rings (SSSR count). The smallest absolute Gasteiger partial charge is 0.227 e. The molecule has 0 spiro atoms. The molecule has 2 aromatic rings. The van der Waals surface area contributed by atoms with Crippen LogP contribution in [0.1, 0.15) is 11.1 Å². The van der Waals surface area contributed by atoms with Crippen LogP contribution in [0, 0.1) is 6.92 Å². The quantitative estimate of drug-likeness (QED) is 0.864. The molecule has 0 aliphatic carbocycles. The third kappa shape index (κ3) is 3.42. The molecule has 5 heteroatoms. The van der Waals surface area contributed by atoms with Crippen molar-refractivity contribution in [3.8, 4) is 0 Å². The number of carbonyl (C=O) groups is 1. The summed E-state index contributed by atoms with van der Waals surface area (Å²) < 4.78 is 0. The van der Waals surface area contributed by atoms with Crippen LogP contribution in [0.15, 0.2) is 42.9 Å². The highest BCUT2D eigenvalue weighted by atomic mass is 16.2. The summed E-state index contributed by atoms with van der Waals surface area (Å²) in [5.74, 6) is 1.08. The lowest BCUT2D eigenvalue weighted by molar-refractivity contribution is -0.130. The molecular weight excluding hydrogens is 276 g/mol. The first-order chi connectivity index (χ1) is 10.7. The number of rotatable bonds is 3. The van der Waals surface area contributed by atoms with E-state index >= 15 is 0 Å². The summed E-state index contributed by atoms with van der Waals surface area (Å²) in [5.41, 5.74) is 2.29. The molecule has 22 heavy (non-hydrogen) atoms. The van der Waals surface area contributed by atoms with Gasteiger partial charge in [0.25, 0.3) is 0 Å². The maximum atomic E-state index is 12.4. The van der Waals surface area contributed by atoms with Crippen molar-refractivity contribution in [3.63, 3.8) is 0 Å². The number of benzene rings is 1. The number of hydrogen-bond acceptors (Lipinski definition) is 4. The topological polar surface area (TPSA) is 49.3 Å².